The molecule has 1 aromatic rings. The normalized spacial score (nSPS) is 18.9. The van der Waals surface area contributed by atoms with Crippen LogP contribution in [0.4, 0.5) is 0 Å². The van der Waals surface area contributed by atoms with E-state index in [0.717, 1.165) is 25.7 Å². The third-order valence-electron chi connectivity index (χ3n) is 5.90. The standard InChI is InChI=1S/C25H31N3O4S/c1-4-32-20-13-9-8-12-18(20)23-19(14-26)24(27-16(2)22(23)25(30)31-3)33-15-21(29)28-17-10-6-5-7-11-17/h8-9,12-13,17,23,27H,4-7,10-11,15H2,1-3H3,(H,28,29)/t23-/m0/s1. The maximum absolute atomic E-state index is 12.7. The van der Waals surface area contributed by atoms with Gasteiger partial charge in [0.15, 0.2) is 0 Å². The van der Waals surface area contributed by atoms with E-state index in [1.54, 1.807) is 6.92 Å². The first-order chi connectivity index (χ1) is 16.0. The van der Waals surface area contributed by atoms with Crippen molar-refractivity contribution in [3.8, 4) is 11.8 Å². The summed E-state index contributed by atoms with van der Waals surface area (Å²) in [6.45, 7) is 4.11. The first-order valence-electron chi connectivity index (χ1n) is 11.3. The monoisotopic (exact) mass is 469 g/mol. The van der Waals surface area contributed by atoms with Gasteiger partial charge in [0.1, 0.15) is 5.75 Å². The summed E-state index contributed by atoms with van der Waals surface area (Å²) in [5, 5.41) is 17.0. The molecule has 2 N–H and O–H groups in total. The molecule has 2 aliphatic rings. The summed E-state index contributed by atoms with van der Waals surface area (Å²) in [4.78, 5) is 25.3. The topological polar surface area (TPSA) is 100 Å². The lowest BCUT2D eigenvalue weighted by molar-refractivity contribution is -0.136. The van der Waals surface area contributed by atoms with Gasteiger partial charge in [0, 0.05) is 17.3 Å². The number of carbonyl (C=O) groups is 2. The average molecular weight is 470 g/mol. The Morgan fingerprint density at radius 1 is 1.24 bits per heavy atom. The largest absolute Gasteiger partial charge is 0.494 e. The minimum atomic E-state index is -0.657. The van der Waals surface area contributed by atoms with Crippen LogP contribution in [0.25, 0.3) is 0 Å². The molecule has 1 aromatic carbocycles. The van der Waals surface area contributed by atoms with E-state index in [2.05, 4.69) is 16.7 Å². The van der Waals surface area contributed by atoms with Gasteiger partial charge >= 0.3 is 5.97 Å². The van der Waals surface area contributed by atoms with Gasteiger partial charge in [-0.2, -0.15) is 5.26 Å². The van der Waals surface area contributed by atoms with Crippen molar-refractivity contribution in [2.24, 2.45) is 0 Å². The maximum atomic E-state index is 12.7. The quantitative estimate of drug-likeness (QED) is 0.552. The van der Waals surface area contributed by atoms with E-state index < -0.39 is 11.9 Å². The van der Waals surface area contributed by atoms with Crippen LogP contribution in [-0.2, 0) is 14.3 Å². The number of para-hydroxylation sites is 1. The van der Waals surface area contributed by atoms with Crippen molar-refractivity contribution in [2.45, 2.75) is 57.9 Å². The summed E-state index contributed by atoms with van der Waals surface area (Å²) in [7, 11) is 1.32. The molecule has 8 heteroatoms. The van der Waals surface area contributed by atoms with E-state index in [1.165, 1.54) is 25.3 Å². The van der Waals surface area contributed by atoms with Gasteiger partial charge in [-0.05, 0) is 32.8 Å². The van der Waals surface area contributed by atoms with Crippen LogP contribution in [0, 0.1) is 11.3 Å². The molecule has 7 nitrogen and oxygen atoms in total. The van der Waals surface area contributed by atoms with Crippen LogP contribution in [0.3, 0.4) is 0 Å². The van der Waals surface area contributed by atoms with E-state index in [1.807, 2.05) is 31.2 Å². The number of hydrogen-bond acceptors (Lipinski definition) is 7. The zero-order valence-corrected chi connectivity index (χ0v) is 20.2. The molecule has 1 amide bonds. The molecule has 1 heterocycles. The number of hydrogen-bond donors (Lipinski definition) is 2. The predicted octanol–water partition coefficient (Wildman–Crippen LogP) is 4.14. The SMILES string of the molecule is CCOc1ccccc1[C@H]1C(C#N)=C(SCC(=O)NC2CCCCC2)NC(C)=C1C(=O)OC. The minimum absolute atomic E-state index is 0.0508. The molecular weight excluding hydrogens is 438 g/mol. The molecule has 1 atom stereocenters. The number of amides is 1. The number of nitrogens with one attached hydrogen (secondary N) is 2. The zero-order valence-electron chi connectivity index (χ0n) is 19.4. The Bertz CT molecular complexity index is 990. The Morgan fingerprint density at radius 2 is 1.97 bits per heavy atom. The highest BCUT2D eigenvalue weighted by Crippen LogP contribution is 2.43. The summed E-state index contributed by atoms with van der Waals surface area (Å²) in [5.74, 6) is -0.429. The summed E-state index contributed by atoms with van der Waals surface area (Å²) in [6, 6.07) is 9.88. The molecule has 1 fully saturated rings. The maximum Gasteiger partial charge on any atom is 0.336 e. The highest BCUT2D eigenvalue weighted by molar-refractivity contribution is 8.03. The number of thioether (sulfide) groups is 1. The van der Waals surface area contributed by atoms with E-state index in [-0.39, 0.29) is 17.7 Å². The number of nitrogens with zero attached hydrogens (tertiary/aromatic N) is 1. The molecule has 0 radical (unpaired) electrons. The predicted molar refractivity (Wildman–Crippen MR) is 128 cm³/mol. The molecule has 0 saturated heterocycles. The van der Waals surface area contributed by atoms with Crippen LogP contribution in [-0.4, -0.2) is 37.4 Å². The van der Waals surface area contributed by atoms with E-state index in [9.17, 15) is 14.9 Å². The molecule has 1 saturated carbocycles. The summed E-state index contributed by atoms with van der Waals surface area (Å²) >= 11 is 1.28. The highest BCUT2D eigenvalue weighted by atomic mass is 32.2. The number of nitriles is 1. The second-order valence-electron chi connectivity index (χ2n) is 8.10. The summed E-state index contributed by atoms with van der Waals surface area (Å²) in [5.41, 5.74) is 2.02. The van der Waals surface area contributed by atoms with Gasteiger partial charge in [0.2, 0.25) is 5.91 Å². The third kappa shape index (κ3) is 5.91. The Hall–Kier alpha value is -2.92. The van der Waals surface area contributed by atoms with Crippen LogP contribution >= 0.6 is 11.8 Å². The fourth-order valence-electron chi connectivity index (χ4n) is 4.38. The lowest BCUT2D eigenvalue weighted by Gasteiger charge is -2.30. The number of benzene rings is 1. The van der Waals surface area contributed by atoms with Crippen molar-refractivity contribution in [1.29, 1.82) is 5.26 Å². The molecule has 3 rings (SSSR count). The van der Waals surface area contributed by atoms with E-state index in [0.29, 0.717) is 39.8 Å². The number of carbonyl (C=O) groups excluding carboxylic acids is 2. The van der Waals surface area contributed by atoms with Crippen molar-refractivity contribution in [2.75, 3.05) is 19.5 Å². The van der Waals surface area contributed by atoms with Crippen molar-refractivity contribution < 1.29 is 19.1 Å². The van der Waals surface area contributed by atoms with Crippen LogP contribution in [0.5, 0.6) is 5.75 Å². The number of rotatable bonds is 8. The number of methoxy groups -OCH3 is 1. The molecular formula is C25H31N3O4S. The van der Waals surface area contributed by atoms with Crippen LogP contribution < -0.4 is 15.4 Å². The van der Waals surface area contributed by atoms with Crippen LogP contribution in [0.2, 0.25) is 0 Å². The van der Waals surface area contributed by atoms with Crippen LogP contribution in [0.15, 0.2) is 46.1 Å². The van der Waals surface area contributed by atoms with Crippen molar-refractivity contribution in [3.63, 3.8) is 0 Å². The lowest BCUT2D eigenvalue weighted by Crippen LogP contribution is -2.37. The average Bonchev–Trinajstić information content (AvgIpc) is 2.83. The van der Waals surface area contributed by atoms with Gasteiger partial charge in [0.25, 0.3) is 0 Å². The molecule has 0 bridgehead atoms. The van der Waals surface area contributed by atoms with Crippen molar-refractivity contribution in [1.82, 2.24) is 10.6 Å². The molecule has 0 aromatic heterocycles. The highest BCUT2D eigenvalue weighted by Gasteiger charge is 2.37. The molecule has 33 heavy (non-hydrogen) atoms. The number of esters is 1. The first kappa shape index (κ1) is 24.7. The fourth-order valence-corrected chi connectivity index (χ4v) is 5.28. The summed E-state index contributed by atoms with van der Waals surface area (Å²) < 4.78 is 10.8. The van der Waals surface area contributed by atoms with Gasteiger partial charge in [0.05, 0.1) is 47.6 Å². The number of allylic oxidation sites excluding steroid dienone is 2. The Morgan fingerprint density at radius 3 is 2.64 bits per heavy atom. The number of ether oxygens (including phenoxy) is 2. The molecule has 0 unspecified atom stereocenters. The third-order valence-corrected chi connectivity index (χ3v) is 6.92. The van der Waals surface area contributed by atoms with Gasteiger partial charge in [-0.3, -0.25) is 4.79 Å². The molecule has 1 aliphatic heterocycles. The van der Waals surface area contributed by atoms with Crippen LogP contribution in [0.1, 0.15) is 57.4 Å². The van der Waals surface area contributed by atoms with E-state index in [4.69, 9.17) is 9.47 Å². The molecule has 176 valence electrons. The second-order valence-corrected chi connectivity index (χ2v) is 9.09. The smallest absolute Gasteiger partial charge is 0.336 e. The first-order valence-corrected chi connectivity index (χ1v) is 12.3. The number of dihydropyridines is 1. The van der Waals surface area contributed by atoms with Gasteiger partial charge < -0.3 is 20.1 Å². The Kier molecular flexibility index (Phi) is 8.84. The Balaban J connectivity index is 1.91. The van der Waals surface area contributed by atoms with Crippen molar-refractivity contribution in [3.05, 3.63) is 51.7 Å². The summed E-state index contributed by atoms with van der Waals surface area (Å²) in [6.07, 6.45) is 5.54. The van der Waals surface area contributed by atoms with E-state index >= 15 is 0 Å². The van der Waals surface area contributed by atoms with Crippen molar-refractivity contribution >= 4 is 23.6 Å². The lowest BCUT2D eigenvalue weighted by atomic mass is 9.82. The fraction of sp³-hybridized carbons (Fsp3) is 0.480. The Labute approximate surface area is 199 Å². The second kappa shape index (κ2) is 11.8. The van der Waals surface area contributed by atoms with Gasteiger partial charge in [-0.15, -0.1) is 0 Å². The minimum Gasteiger partial charge on any atom is -0.494 e. The molecule has 1 aliphatic carbocycles. The van der Waals surface area contributed by atoms with Gasteiger partial charge in [-0.1, -0.05) is 49.2 Å². The zero-order chi connectivity index (χ0) is 23.8. The van der Waals surface area contributed by atoms with Gasteiger partial charge in [-0.25, -0.2) is 4.79 Å². The molecule has 0 spiro atoms.